The summed E-state index contributed by atoms with van der Waals surface area (Å²) in [7, 11) is 3.21. The molecule has 0 saturated carbocycles. The molecule has 1 amide bonds. The number of carbonyl (C=O) groups is 1. The van der Waals surface area contributed by atoms with Crippen LogP contribution < -0.4 is 20.1 Å². The van der Waals surface area contributed by atoms with Crippen molar-refractivity contribution in [2.24, 2.45) is 0 Å². The molecule has 1 aromatic heterocycles. The molecule has 0 atom stereocenters. The summed E-state index contributed by atoms with van der Waals surface area (Å²) in [4.78, 5) is 16.5. The lowest BCUT2D eigenvalue weighted by Gasteiger charge is -2.22. The summed E-state index contributed by atoms with van der Waals surface area (Å²) in [5, 5.41) is 6.24. The summed E-state index contributed by atoms with van der Waals surface area (Å²) in [6.07, 6.45) is 2.32. The zero-order chi connectivity index (χ0) is 19.2. The number of methoxy groups -OCH3 is 2. The number of hydrogen-bond acceptors (Lipinski definition) is 5. The molecule has 140 valence electrons. The largest absolute Gasteiger partial charge is 0.493 e. The highest BCUT2D eigenvalue weighted by Crippen LogP contribution is 2.27. The molecule has 6 nitrogen and oxygen atoms in total. The Bertz CT molecular complexity index is 754. The summed E-state index contributed by atoms with van der Waals surface area (Å²) in [5.41, 5.74) is 2.24. The van der Waals surface area contributed by atoms with E-state index in [4.69, 9.17) is 9.47 Å². The highest BCUT2D eigenvalue weighted by molar-refractivity contribution is 5.93. The average molecular weight is 357 g/mol. The van der Waals surface area contributed by atoms with Crippen LogP contribution in [-0.2, 0) is 6.42 Å². The van der Waals surface area contributed by atoms with Crippen LogP contribution in [0.1, 0.15) is 36.8 Å². The predicted molar refractivity (Wildman–Crippen MR) is 103 cm³/mol. The zero-order valence-electron chi connectivity index (χ0n) is 16.1. The van der Waals surface area contributed by atoms with Crippen molar-refractivity contribution >= 4 is 11.6 Å². The lowest BCUT2D eigenvalue weighted by molar-refractivity contribution is 0.0949. The Morgan fingerprint density at radius 1 is 1.08 bits per heavy atom. The van der Waals surface area contributed by atoms with E-state index in [1.807, 2.05) is 24.3 Å². The van der Waals surface area contributed by atoms with E-state index in [1.54, 1.807) is 26.5 Å². The van der Waals surface area contributed by atoms with Gasteiger partial charge in [0, 0.05) is 24.0 Å². The predicted octanol–water partition coefficient (Wildman–Crippen LogP) is 3.28. The first-order chi connectivity index (χ1) is 12.3. The molecule has 1 aromatic carbocycles. The van der Waals surface area contributed by atoms with Crippen LogP contribution in [0.15, 0.2) is 36.5 Å². The number of hydrogen-bond donors (Lipinski definition) is 2. The van der Waals surface area contributed by atoms with E-state index in [9.17, 15) is 4.79 Å². The Hall–Kier alpha value is -2.76. The molecular formula is C20H27N3O3. The molecule has 0 fully saturated rings. The van der Waals surface area contributed by atoms with Gasteiger partial charge in [0.05, 0.1) is 14.2 Å². The van der Waals surface area contributed by atoms with Gasteiger partial charge in [-0.15, -0.1) is 0 Å². The van der Waals surface area contributed by atoms with Crippen LogP contribution in [0, 0.1) is 0 Å². The molecule has 2 rings (SSSR count). The fourth-order valence-electron chi connectivity index (χ4n) is 2.51. The molecule has 0 bridgehead atoms. The number of ether oxygens (including phenoxy) is 2. The Labute approximate surface area is 154 Å². The number of anilines is 1. The monoisotopic (exact) mass is 357 g/mol. The van der Waals surface area contributed by atoms with Crippen LogP contribution >= 0.6 is 0 Å². The smallest absolute Gasteiger partial charge is 0.269 e. The van der Waals surface area contributed by atoms with Gasteiger partial charge in [-0.3, -0.25) is 9.78 Å². The van der Waals surface area contributed by atoms with E-state index >= 15 is 0 Å². The van der Waals surface area contributed by atoms with Crippen molar-refractivity contribution in [1.82, 2.24) is 10.3 Å². The van der Waals surface area contributed by atoms with Gasteiger partial charge in [-0.1, -0.05) is 6.07 Å². The van der Waals surface area contributed by atoms with Crippen molar-refractivity contribution in [3.05, 3.63) is 47.8 Å². The number of nitrogens with one attached hydrogen (secondary N) is 2. The van der Waals surface area contributed by atoms with Gasteiger partial charge in [0.2, 0.25) is 0 Å². The minimum atomic E-state index is -0.192. The number of benzene rings is 1. The van der Waals surface area contributed by atoms with Gasteiger partial charge in [0.1, 0.15) is 5.69 Å². The van der Waals surface area contributed by atoms with Gasteiger partial charge in [-0.25, -0.2) is 0 Å². The number of pyridine rings is 1. The number of rotatable bonds is 7. The van der Waals surface area contributed by atoms with Gasteiger partial charge < -0.3 is 20.1 Å². The number of amides is 1. The molecule has 0 unspecified atom stereocenters. The average Bonchev–Trinajstić information content (AvgIpc) is 2.60. The molecule has 0 radical (unpaired) electrons. The van der Waals surface area contributed by atoms with Crippen LogP contribution in [0.25, 0.3) is 0 Å². The summed E-state index contributed by atoms with van der Waals surface area (Å²) in [5.74, 6) is 1.18. The van der Waals surface area contributed by atoms with Crippen molar-refractivity contribution < 1.29 is 14.3 Å². The second kappa shape index (κ2) is 8.56. The molecule has 2 N–H and O–H groups in total. The lowest BCUT2D eigenvalue weighted by Crippen LogP contribution is -2.28. The molecule has 2 aromatic rings. The normalized spacial score (nSPS) is 11.0. The van der Waals surface area contributed by atoms with Gasteiger partial charge >= 0.3 is 0 Å². The minimum absolute atomic E-state index is 0.0808. The van der Waals surface area contributed by atoms with Crippen LogP contribution in [0.3, 0.4) is 0 Å². The molecule has 26 heavy (non-hydrogen) atoms. The highest BCUT2D eigenvalue weighted by atomic mass is 16.5. The van der Waals surface area contributed by atoms with E-state index in [-0.39, 0.29) is 11.4 Å². The van der Waals surface area contributed by atoms with E-state index in [0.29, 0.717) is 30.2 Å². The van der Waals surface area contributed by atoms with Crippen molar-refractivity contribution in [3.8, 4) is 11.5 Å². The van der Waals surface area contributed by atoms with Crippen LogP contribution in [0.2, 0.25) is 0 Å². The maximum absolute atomic E-state index is 12.3. The molecule has 1 heterocycles. The fraction of sp³-hybridized carbons (Fsp3) is 0.400. The molecular weight excluding hydrogens is 330 g/mol. The van der Waals surface area contributed by atoms with Crippen LogP contribution in [0.4, 0.5) is 5.69 Å². The SMILES string of the molecule is COc1ccc(CCNC(=O)c2cc(NC(C)(C)C)ccn2)cc1OC. The Kier molecular flexibility index (Phi) is 6.44. The second-order valence-electron chi connectivity index (χ2n) is 7.00. The Balaban J connectivity index is 1.94. The third kappa shape index (κ3) is 5.65. The quantitative estimate of drug-likeness (QED) is 0.796. The van der Waals surface area contributed by atoms with Crippen molar-refractivity contribution in [2.45, 2.75) is 32.7 Å². The first-order valence-corrected chi connectivity index (χ1v) is 8.56. The van der Waals surface area contributed by atoms with Gasteiger partial charge in [0.25, 0.3) is 5.91 Å². The first-order valence-electron chi connectivity index (χ1n) is 8.56. The fourth-order valence-corrected chi connectivity index (χ4v) is 2.51. The standard InChI is InChI=1S/C20H27N3O3/c1-20(2,3)23-15-9-11-21-16(13-15)19(24)22-10-8-14-6-7-17(25-4)18(12-14)26-5/h6-7,9,11-13H,8,10H2,1-5H3,(H,21,23)(H,22,24). The Morgan fingerprint density at radius 3 is 2.46 bits per heavy atom. The zero-order valence-corrected chi connectivity index (χ0v) is 16.1. The summed E-state index contributed by atoms with van der Waals surface area (Å²) < 4.78 is 10.5. The second-order valence-corrected chi connectivity index (χ2v) is 7.00. The molecule has 0 saturated heterocycles. The molecule has 0 spiro atoms. The number of nitrogens with zero attached hydrogens (tertiary/aromatic N) is 1. The molecule has 0 aliphatic rings. The summed E-state index contributed by atoms with van der Waals surface area (Å²) in [6, 6.07) is 9.35. The van der Waals surface area contributed by atoms with Crippen LogP contribution in [-0.4, -0.2) is 37.2 Å². The topological polar surface area (TPSA) is 72.5 Å². The Morgan fingerprint density at radius 2 is 1.81 bits per heavy atom. The lowest BCUT2D eigenvalue weighted by atomic mass is 10.1. The van der Waals surface area contributed by atoms with Gasteiger partial charge in [-0.2, -0.15) is 0 Å². The van der Waals surface area contributed by atoms with Gasteiger partial charge in [-0.05, 0) is 57.0 Å². The van der Waals surface area contributed by atoms with Crippen molar-refractivity contribution in [3.63, 3.8) is 0 Å². The van der Waals surface area contributed by atoms with E-state index < -0.39 is 0 Å². The first kappa shape index (κ1) is 19.6. The van der Waals surface area contributed by atoms with Crippen molar-refractivity contribution in [1.29, 1.82) is 0 Å². The number of aromatic nitrogens is 1. The van der Waals surface area contributed by atoms with E-state index in [0.717, 1.165) is 11.3 Å². The summed E-state index contributed by atoms with van der Waals surface area (Å²) in [6.45, 7) is 6.70. The third-order valence-corrected chi connectivity index (χ3v) is 3.66. The highest BCUT2D eigenvalue weighted by Gasteiger charge is 2.12. The molecule has 0 aliphatic carbocycles. The molecule has 0 aliphatic heterocycles. The van der Waals surface area contributed by atoms with E-state index in [1.165, 1.54) is 0 Å². The van der Waals surface area contributed by atoms with Crippen molar-refractivity contribution in [2.75, 3.05) is 26.1 Å². The molecule has 6 heteroatoms. The van der Waals surface area contributed by atoms with Crippen LogP contribution in [0.5, 0.6) is 11.5 Å². The minimum Gasteiger partial charge on any atom is -0.493 e. The summed E-state index contributed by atoms with van der Waals surface area (Å²) >= 11 is 0. The van der Waals surface area contributed by atoms with E-state index in [2.05, 4.69) is 36.4 Å². The maximum Gasteiger partial charge on any atom is 0.269 e. The maximum atomic E-state index is 12.3. The van der Waals surface area contributed by atoms with Gasteiger partial charge in [0.15, 0.2) is 11.5 Å². The third-order valence-electron chi connectivity index (χ3n) is 3.66. The number of carbonyl (C=O) groups excluding carboxylic acids is 1.